The van der Waals surface area contributed by atoms with Gasteiger partial charge >= 0.3 is 0 Å². The predicted octanol–water partition coefficient (Wildman–Crippen LogP) is 1.14. The molecule has 2 N–H and O–H groups in total. The number of rotatable bonds is 8. The highest BCUT2D eigenvalue weighted by molar-refractivity contribution is 14.0. The second kappa shape index (κ2) is 13.5. The molecule has 0 atom stereocenters. The van der Waals surface area contributed by atoms with Crippen molar-refractivity contribution in [1.29, 1.82) is 0 Å². The minimum Gasteiger partial charge on any atom is -0.383 e. The maximum atomic E-state index is 12.1. The molecule has 2 aliphatic heterocycles. The first kappa shape index (κ1) is 23.4. The Hall–Kier alpha value is -0.610. The Labute approximate surface area is 175 Å². The third kappa shape index (κ3) is 8.39. The van der Waals surface area contributed by atoms with Crippen LogP contribution in [-0.4, -0.2) is 87.7 Å². The van der Waals surface area contributed by atoms with Gasteiger partial charge in [0.2, 0.25) is 5.91 Å². The lowest BCUT2D eigenvalue weighted by atomic mass is 9.97. The van der Waals surface area contributed by atoms with Gasteiger partial charge < -0.3 is 25.2 Å². The van der Waals surface area contributed by atoms with E-state index in [1.807, 2.05) is 11.8 Å². The van der Waals surface area contributed by atoms with Crippen molar-refractivity contribution in [3.63, 3.8) is 0 Å². The molecule has 0 aliphatic carbocycles. The number of piperidine rings is 1. The quantitative estimate of drug-likeness (QED) is 0.309. The Morgan fingerprint density at radius 1 is 1.15 bits per heavy atom. The van der Waals surface area contributed by atoms with Crippen LogP contribution in [0.2, 0.25) is 0 Å². The Bertz CT molecular complexity index is 422. The molecule has 2 rings (SSSR count). The number of nitrogens with zero attached hydrogens (tertiary/aromatic N) is 3. The Balaban J connectivity index is 0.00000338. The summed E-state index contributed by atoms with van der Waals surface area (Å²) in [6, 6.07) is 0. The lowest BCUT2D eigenvalue weighted by Gasteiger charge is -2.32. The van der Waals surface area contributed by atoms with E-state index in [0.29, 0.717) is 5.92 Å². The minimum atomic E-state index is 0. The van der Waals surface area contributed by atoms with E-state index >= 15 is 0 Å². The van der Waals surface area contributed by atoms with Gasteiger partial charge in [-0.3, -0.25) is 4.79 Å². The molecule has 152 valence electrons. The Morgan fingerprint density at radius 2 is 1.85 bits per heavy atom. The van der Waals surface area contributed by atoms with Crippen LogP contribution in [0.4, 0.5) is 0 Å². The molecule has 1 amide bonds. The second-order valence-corrected chi connectivity index (χ2v) is 6.94. The number of amides is 1. The first-order valence-corrected chi connectivity index (χ1v) is 9.74. The van der Waals surface area contributed by atoms with Crippen LogP contribution in [0.1, 0.15) is 32.6 Å². The van der Waals surface area contributed by atoms with Crippen molar-refractivity contribution >= 4 is 35.8 Å². The van der Waals surface area contributed by atoms with Crippen LogP contribution in [0.25, 0.3) is 0 Å². The molecule has 0 saturated carbocycles. The number of halogens is 1. The van der Waals surface area contributed by atoms with Crippen LogP contribution < -0.4 is 10.6 Å². The number of guanidine groups is 1. The van der Waals surface area contributed by atoms with Crippen LogP contribution in [0.3, 0.4) is 0 Å². The molecule has 2 aliphatic rings. The van der Waals surface area contributed by atoms with Crippen molar-refractivity contribution in [2.45, 2.75) is 32.6 Å². The summed E-state index contributed by atoms with van der Waals surface area (Å²) in [6.45, 7) is 9.90. The molecular weight excluding hydrogens is 445 g/mol. The largest absolute Gasteiger partial charge is 0.383 e. The van der Waals surface area contributed by atoms with E-state index < -0.39 is 0 Å². The zero-order valence-electron chi connectivity index (χ0n) is 16.3. The SMILES string of the molecule is CCNC(=NCC(=O)N1CCCC1)NCC1CCN(CCOC)CC1.I. The van der Waals surface area contributed by atoms with Crippen molar-refractivity contribution in [2.24, 2.45) is 10.9 Å². The summed E-state index contributed by atoms with van der Waals surface area (Å²) in [4.78, 5) is 21.0. The Morgan fingerprint density at radius 3 is 2.46 bits per heavy atom. The summed E-state index contributed by atoms with van der Waals surface area (Å²) < 4.78 is 5.15. The Kier molecular flexibility index (Phi) is 12.2. The third-order valence-electron chi connectivity index (χ3n) is 5.05. The van der Waals surface area contributed by atoms with Crippen molar-refractivity contribution in [2.75, 3.05) is 66.1 Å². The lowest BCUT2D eigenvalue weighted by Crippen LogP contribution is -2.43. The third-order valence-corrected chi connectivity index (χ3v) is 5.05. The molecule has 0 radical (unpaired) electrons. The number of ether oxygens (including phenoxy) is 1. The molecule has 0 unspecified atom stereocenters. The van der Waals surface area contributed by atoms with Gasteiger partial charge in [0.25, 0.3) is 0 Å². The van der Waals surface area contributed by atoms with Gasteiger partial charge in [-0.1, -0.05) is 0 Å². The van der Waals surface area contributed by atoms with Crippen LogP contribution in [-0.2, 0) is 9.53 Å². The smallest absolute Gasteiger partial charge is 0.244 e. The van der Waals surface area contributed by atoms with E-state index in [9.17, 15) is 4.79 Å². The van der Waals surface area contributed by atoms with Crippen LogP contribution in [0.5, 0.6) is 0 Å². The molecular formula is C18H36IN5O2. The minimum absolute atomic E-state index is 0. The zero-order valence-corrected chi connectivity index (χ0v) is 18.7. The fourth-order valence-electron chi connectivity index (χ4n) is 3.43. The normalized spacial score (nSPS) is 19.3. The predicted molar refractivity (Wildman–Crippen MR) is 116 cm³/mol. The highest BCUT2D eigenvalue weighted by Gasteiger charge is 2.20. The topological polar surface area (TPSA) is 69.2 Å². The molecule has 7 nitrogen and oxygen atoms in total. The maximum absolute atomic E-state index is 12.1. The fourth-order valence-corrected chi connectivity index (χ4v) is 3.43. The summed E-state index contributed by atoms with van der Waals surface area (Å²) >= 11 is 0. The van der Waals surface area contributed by atoms with Gasteiger partial charge in [0.1, 0.15) is 6.54 Å². The highest BCUT2D eigenvalue weighted by atomic mass is 127. The summed E-state index contributed by atoms with van der Waals surface area (Å²) in [5.41, 5.74) is 0. The average Bonchev–Trinajstić information content (AvgIpc) is 3.17. The van der Waals surface area contributed by atoms with Crippen molar-refractivity contribution in [3.05, 3.63) is 0 Å². The number of hydrogen-bond acceptors (Lipinski definition) is 4. The summed E-state index contributed by atoms with van der Waals surface area (Å²) in [7, 11) is 1.76. The maximum Gasteiger partial charge on any atom is 0.244 e. The van der Waals surface area contributed by atoms with Gasteiger partial charge in [-0.05, 0) is 51.6 Å². The molecule has 0 aromatic heterocycles. The molecule has 0 bridgehead atoms. The molecule has 0 aromatic carbocycles. The molecule has 2 heterocycles. The summed E-state index contributed by atoms with van der Waals surface area (Å²) in [6.07, 6.45) is 4.64. The number of methoxy groups -OCH3 is 1. The summed E-state index contributed by atoms with van der Waals surface area (Å²) in [5, 5.41) is 6.67. The van der Waals surface area contributed by atoms with Crippen molar-refractivity contribution < 1.29 is 9.53 Å². The van der Waals surface area contributed by atoms with E-state index in [0.717, 1.165) is 71.2 Å². The van der Waals surface area contributed by atoms with Crippen molar-refractivity contribution in [3.8, 4) is 0 Å². The van der Waals surface area contributed by atoms with Gasteiger partial charge in [0.15, 0.2) is 5.96 Å². The zero-order chi connectivity index (χ0) is 17.9. The van der Waals surface area contributed by atoms with Crippen LogP contribution in [0, 0.1) is 5.92 Å². The molecule has 0 spiro atoms. The van der Waals surface area contributed by atoms with E-state index in [1.165, 1.54) is 12.8 Å². The van der Waals surface area contributed by atoms with Gasteiger partial charge in [0.05, 0.1) is 6.61 Å². The average molecular weight is 481 g/mol. The van der Waals surface area contributed by atoms with Gasteiger partial charge in [0, 0.05) is 39.8 Å². The molecule has 26 heavy (non-hydrogen) atoms. The standard InChI is InChI=1S/C18H35N5O2.HI/c1-3-19-18(21-15-17(24)23-8-4-5-9-23)20-14-16-6-10-22(11-7-16)12-13-25-2;/h16H,3-15H2,1-2H3,(H2,19,20,21);1H. The first-order chi connectivity index (χ1) is 12.2. The molecule has 8 heteroatoms. The fraction of sp³-hybridized carbons (Fsp3) is 0.889. The molecule has 0 aromatic rings. The number of likely N-dealkylation sites (tertiary alicyclic amines) is 2. The van der Waals surface area contributed by atoms with Crippen LogP contribution >= 0.6 is 24.0 Å². The van der Waals surface area contributed by atoms with E-state index in [2.05, 4.69) is 20.5 Å². The highest BCUT2D eigenvalue weighted by Crippen LogP contribution is 2.16. The van der Waals surface area contributed by atoms with E-state index in [-0.39, 0.29) is 36.4 Å². The number of carbonyl (C=O) groups is 1. The first-order valence-electron chi connectivity index (χ1n) is 9.74. The van der Waals surface area contributed by atoms with Gasteiger partial charge in [-0.25, -0.2) is 4.99 Å². The van der Waals surface area contributed by atoms with Crippen LogP contribution in [0.15, 0.2) is 4.99 Å². The molecule has 2 fully saturated rings. The monoisotopic (exact) mass is 481 g/mol. The number of aliphatic imine (C=N–C) groups is 1. The van der Waals surface area contributed by atoms with Gasteiger partial charge in [-0.2, -0.15) is 0 Å². The number of nitrogens with one attached hydrogen (secondary N) is 2. The number of carbonyl (C=O) groups excluding carboxylic acids is 1. The molecule has 2 saturated heterocycles. The lowest BCUT2D eigenvalue weighted by molar-refractivity contribution is -0.128. The number of hydrogen-bond donors (Lipinski definition) is 2. The summed E-state index contributed by atoms with van der Waals surface area (Å²) in [5.74, 6) is 1.56. The van der Waals surface area contributed by atoms with E-state index in [4.69, 9.17) is 4.74 Å². The van der Waals surface area contributed by atoms with E-state index in [1.54, 1.807) is 7.11 Å². The van der Waals surface area contributed by atoms with Gasteiger partial charge in [-0.15, -0.1) is 24.0 Å². The second-order valence-electron chi connectivity index (χ2n) is 6.94. The van der Waals surface area contributed by atoms with Crippen molar-refractivity contribution in [1.82, 2.24) is 20.4 Å².